The third-order valence-corrected chi connectivity index (χ3v) is 1.65. The van der Waals surface area contributed by atoms with E-state index < -0.39 is 12.4 Å². The summed E-state index contributed by atoms with van der Waals surface area (Å²) in [6, 6.07) is 0. The fourth-order valence-corrected chi connectivity index (χ4v) is 1.14. The molecule has 0 bridgehead atoms. The van der Waals surface area contributed by atoms with Gasteiger partial charge in [0.05, 0.1) is 6.10 Å². The van der Waals surface area contributed by atoms with Crippen LogP contribution in [0, 0.1) is 0 Å². The summed E-state index contributed by atoms with van der Waals surface area (Å²) in [5.41, 5.74) is 0. The second-order valence-electron chi connectivity index (χ2n) is 3.13. The maximum Gasteiger partial charge on any atom is 0.183 e. The average molecular weight is 160 g/mol. The molecule has 1 rings (SSSR count). The number of hydrogen-bond acceptors (Lipinski definition) is 3. The largest absolute Gasteiger partial charge is 0.388 e. The van der Waals surface area contributed by atoms with Crippen LogP contribution < -0.4 is 0 Å². The van der Waals surface area contributed by atoms with Gasteiger partial charge in [0.2, 0.25) is 0 Å². The normalized spacial score (nSPS) is 32.7. The predicted molar refractivity (Wildman–Crippen MR) is 41.2 cm³/mol. The SMILES string of the molecule is CC(C)O[C@H]1OCCC[C@H]1O. The Hall–Kier alpha value is -0.120. The van der Waals surface area contributed by atoms with Crippen LogP contribution in [0.1, 0.15) is 26.7 Å². The van der Waals surface area contributed by atoms with Crippen molar-refractivity contribution in [2.75, 3.05) is 6.61 Å². The minimum Gasteiger partial charge on any atom is -0.388 e. The summed E-state index contributed by atoms with van der Waals surface area (Å²) in [5, 5.41) is 9.37. The van der Waals surface area contributed by atoms with Crippen molar-refractivity contribution in [3.05, 3.63) is 0 Å². The molecule has 3 nitrogen and oxygen atoms in total. The van der Waals surface area contributed by atoms with Crippen LogP contribution in [-0.2, 0) is 9.47 Å². The Morgan fingerprint density at radius 2 is 2.27 bits per heavy atom. The lowest BCUT2D eigenvalue weighted by molar-refractivity contribution is -0.228. The van der Waals surface area contributed by atoms with Crippen LogP contribution in [0.2, 0.25) is 0 Å². The molecule has 0 aliphatic carbocycles. The first-order chi connectivity index (χ1) is 5.20. The molecule has 0 saturated carbocycles. The summed E-state index contributed by atoms with van der Waals surface area (Å²) in [6.45, 7) is 4.57. The highest BCUT2D eigenvalue weighted by Crippen LogP contribution is 2.15. The number of aliphatic hydroxyl groups excluding tert-OH is 1. The minimum absolute atomic E-state index is 0.118. The third kappa shape index (κ3) is 2.77. The van der Waals surface area contributed by atoms with Gasteiger partial charge in [-0.25, -0.2) is 0 Å². The van der Waals surface area contributed by atoms with Crippen LogP contribution >= 0.6 is 0 Å². The highest BCUT2D eigenvalue weighted by atomic mass is 16.7. The van der Waals surface area contributed by atoms with Crippen molar-refractivity contribution >= 4 is 0 Å². The molecule has 1 aliphatic heterocycles. The van der Waals surface area contributed by atoms with Gasteiger partial charge in [-0.15, -0.1) is 0 Å². The molecule has 0 unspecified atom stereocenters. The zero-order chi connectivity index (χ0) is 8.27. The lowest BCUT2D eigenvalue weighted by Gasteiger charge is -2.29. The Balaban J connectivity index is 2.29. The first-order valence-corrected chi connectivity index (χ1v) is 4.15. The van der Waals surface area contributed by atoms with Gasteiger partial charge in [0.25, 0.3) is 0 Å². The zero-order valence-corrected chi connectivity index (χ0v) is 7.12. The molecule has 66 valence electrons. The summed E-state index contributed by atoms with van der Waals surface area (Å²) < 4.78 is 10.6. The van der Waals surface area contributed by atoms with E-state index in [4.69, 9.17) is 9.47 Å². The summed E-state index contributed by atoms with van der Waals surface area (Å²) in [7, 11) is 0. The zero-order valence-electron chi connectivity index (χ0n) is 7.12. The molecule has 0 aromatic carbocycles. The summed E-state index contributed by atoms with van der Waals surface area (Å²) in [6.07, 6.45) is 0.999. The van der Waals surface area contributed by atoms with Crippen molar-refractivity contribution < 1.29 is 14.6 Å². The minimum atomic E-state index is -0.439. The number of rotatable bonds is 2. The van der Waals surface area contributed by atoms with E-state index in [-0.39, 0.29) is 6.10 Å². The summed E-state index contributed by atoms with van der Waals surface area (Å²) in [5.74, 6) is 0. The second kappa shape index (κ2) is 4.04. The summed E-state index contributed by atoms with van der Waals surface area (Å²) >= 11 is 0. The van der Waals surface area contributed by atoms with Crippen molar-refractivity contribution in [2.45, 2.75) is 45.2 Å². The molecule has 2 atom stereocenters. The fraction of sp³-hybridized carbons (Fsp3) is 1.00. The monoisotopic (exact) mass is 160 g/mol. The highest BCUT2D eigenvalue weighted by molar-refractivity contribution is 4.66. The van der Waals surface area contributed by atoms with Crippen molar-refractivity contribution in [2.24, 2.45) is 0 Å². The molecular weight excluding hydrogens is 144 g/mol. The fourth-order valence-electron chi connectivity index (χ4n) is 1.14. The van der Waals surface area contributed by atoms with Crippen LogP contribution in [0.5, 0.6) is 0 Å². The van der Waals surface area contributed by atoms with Gasteiger partial charge in [0.1, 0.15) is 6.10 Å². The Labute approximate surface area is 67.3 Å². The molecule has 1 N–H and O–H groups in total. The molecular formula is C8H16O3. The Kier molecular flexibility index (Phi) is 3.30. The van der Waals surface area contributed by atoms with Gasteiger partial charge in [-0.3, -0.25) is 0 Å². The quantitative estimate of drug-likeness (QED) is 0.652. The summed E-state index contributed by atoms with van der Waals surface area (Å²) in [4.78, 5) is 0. The van der Waals surface area contributed by atoms with Crippen molar-refractivity contribution in [3.63, 3.8) is 0 Å². The standard InChI is InChI=1S/C8H16O3/c1-6(2)11-8-7(9)4-3-5-10-8/h6-9H,3-5H2,1-2H3/t7-,8-/m1/s1. The average Bonchev–Trinajstić information content (AvgIpc) is 1.93. The van der Waals surface area contributed by atoms with Gasteiger partial charge >= 0.3 is 0 Å². The number of aliphatic hydroxyl groups is 1. The van der Waals surface area contributed by atoms with Gasteiger partial charge in [-0.05, 0) is 26.7 Å². The molecule has 0 radical (unpaired) electrons. The molecule has 0 spiro atoms. The third-order valence-electron chi connectivity index (χ3n) is 1.65. The highest BCUT2D eigenvalue weighted by Gasteiger charge is 2.24. The smallest absolute Gasteiger partial charge is 0.183 e. The van der Waals surface area contributed by atoms with Crippen molar-refractivity contribution in [1.82, 2.24) is 0 Å². The van der Waals surface area contributed by atoms with Gasteiger partial charge in [0.15, 0.2) is 6.29 Å². The van der Waals surface area contributed by atoms with Gasteiger partial charge in [-0.2, -0.15) is 0 Å². The van der Waals surface area contributed by atoms with E-state index >= 15 is 0 Å². The Bertz CT molecular complexity index is 114. The lowest BCUT2D eigenvalue weighted by Crippen LogP contribution is -2.37. The molecule has 1 fully saturated rings. The maximum atomic E-state index is 9.37. The van der Waals surface area contributed by atoms with E-state index in [1.165, 1.54) is 0 Å². The molecule has 0 aromatic rings. The van der Waals surface area contributed by atoms with Crippen molar-refractivity contribution in [3.8, 4) is 0 Å². The van der Waals surface area contributed by atoms with E-state index in [0.717, 1.165) is 12.8 Å². The topological polar surface area (TPSA) is 38.7 Å². The first-order valence-electron chi connectivity index (χ1n) is 4.15. The van der Waals surface area contributed by atoms with Gasteiger partial charge in [0, 0.05) is 6.61 Å². The Morgan fingerprint density at radius 1 is 1.55 bits per heavy atom. The van der Waals surface area contributed by atoms with E-state index in [0.29, 0.717) is 6.61 Å². The predicted octanol–water partition coefficient (Wildman–Crippen LogP) is 0.909. The number of hydrogen-bond donors (Lipinski definition) is 1. The molecule has 0 amide bonds. The number of ether oxygens (including phenoxy) is 2. The van der Waals surface area contributed by atoms with Crippen LogP contribution in [0.25, 0.3) is 0 Å². The van der Waals surface area contributed by atoms with Crippen LogP contribution in [-0.4, -0.2) is 30.2 Å². The molecule has 0 aromatic heterocycles. The molecule has 11 heavy (non-hydrogen) atoms. The lowest BCUT2D eigenvalue weighted by atomic mass is 10.1. The molecule has 1 heterocycles. The van der Waals surface area contributed by atoms with Gasteiger partial charge in [-0.1, -0.05) is 0 Å². The van der Waals surface area contributed by atoms with Crippen LogP contribution in [0.3, 0.4) is 0 Å². The first kappa shape index (κ1) is 8.97. The van der Waals surface area contributed by atoms with Crippen LogP contribution in [0.4, 0.5) is 0 Å². The van der Waals surface area contributed by atoms with E-state index in [1.54, 1.807) is 0 Å². The maximum absolute atomic E-state index is 9.37. The molecule has 1 saturated heterocycles. The molecule has 3 heteroatoms. The van der Waals surface area contributed by atoms with E-state index in [9.17, 15) is 5.11 Å². The van der Waals surface area contributed by atoms with E-state index in [2.05, 4.69) is 0 Å². The van der Waals surface area contributed by atoms with Crippen LogP contribution in [0.15, 0.2) is 0 Å². The molecule has 1 aliphatic rings. The van der Waals surface area contributed by atoms with Crippen molar-refractivity contribution in [1.29, 1.82) is 0 Å². The van der Waals surface area contributed by atoms with E-state index in [1.807, 2.05) is 13.8 Å². The second-order valence-corrected chi connectivity index (χ2v) is 3.13. The van der Waals surface area contributed by atoms with Gasteiger partial charge < -0.3 is 14.6 Å². The Morgan fingerprint density at radius 3 is 2.82 bits per heavy atom.